The quantitative estimate of drug-likeness (QED) is 0.722. The molecule has 0 aliphatic heterocycles. The van der Waals surface area contributed by atoms with Gasteiger partial charge in [0.25, 0.3) is 0 Å². The lowest BCUT2D eigenvalue weighted by atomic mass is 9.79. The Morgan fingerprint density at radius 3 is 2.39 bits per heavy atom. The summed E-state index contributed by atoms with van der Waals surface area (Å²) in [6.45, 7) is 6.13. The second-order valence-electron chi connectivity index (χ2n) is 5.51. The van der Waals surface area contributed by atoms with Crippen molar-refractivity contribution in [2.45, 2.75) is 57.4 Å². The third kappa shape index (κ3) is 3.16. The molecule has 0 radical (unpaired) electrons. The van der Waals surface area contributed by atoms with Gasteiger partial charge < -0.3 is 5.32 Å². The van der Waals surface area contributed by atoms with E-state index in [4.69, 9.17) is 0 Å². The van der Waals surface area contributed by atoms with E-state index in [-0.39, 0.29) is 5.54 Å². The van der Waals surface area contributed by atoms with E-state index in [0.29, 0.717) is 0 Å². The largest absolute Gasteiger partial charge is 0.379 e. The number of rotatable bonds is 5. The van der Waals surface area contributed by atoms with Crippen LogP contribution in [0, 0.1) is 0 Å². The molecular formula is C17H25N. The standard InChI is InChI=1S/C17H25N/c1-3-12-17(13-6-5-7-14-17)18-16-10-8-15(4-2)9-11-16/h3,8-11,18H,1,4-7,12-14H2,2H3. The Morgan fingerprint density at radius 1 is 1.17 bits per heavy atom. The van der Waals surface area contributed by atoms with Gasteiger partial charge in [-0.3, -0.25) is 0 Å². The van der Waals surface area contributed by atoms with E-state index < -0.39 is 0 Å². The summed E-state index contributed by atoms with van der Waals surface area (Å²) in [4.78, 5) is 0. The first-order chi connectivity index (χ1) is 8.78. The average Bonchev–Trinajstić information content (AvgIpc) is 2.41. The van der Waals surface area contributed by atoms with Gasteiger partial charge in [0.15, 0.2) is 0 Å². The van der Waals surface area contributed by atoms with E-state index >= 15 is 0 Å². The normalized spacial score (nSPS) is 18.3. The Kier molecular flexibility index (Phi) is 4.46. The number of hydrogen-bond donors (Lipinski definition) is 1. The fourth-order valence-electron chi connectivity index (χ4n) is 3.01. The molecule has 1 N–H and O–H groups in total. The molecule has 98 valence electrons. The lowest BCUT2D eigenvalue weighted by molar-refractivity contribution is 0.326. The van der Waals surface area contributed by atoms with Gasteiger partial charge in [0.2, 0.25) is 0 Å². The van der Waals surface area contributed by atoms with Gasteiger partial charge in [-0.25, -0.2) is 0 Å². The smallest absolute Gasteiger partial charge is 0.0408 e. The zero-order valence-electron chi connectivity index (χ0n) is 11.5. The van der Waals surface area contributed by atoms with Crippen molar-refractivity contribution in [3.63, 3.8) is 0 Å². The number of nitrogens with one attached hydrogen (secondary N) is 1. The van der Waals surface area contributed by atoms with Gasteiger partial charge >= 0.3 is 0 Å². The Hall–Kier alpha value is -1.24. The highest BCUT2D eigenvalue weighted by Gasteiger charge is 2.30. The van der Waals surface area contributed by atoms with Crippen LogP contribution in [0.5, 0.6) is 0 Å². The molecule has 18 heavy (non-hydrogen) atoms. The number of aryl methyl sites for hydroxylation is 1. The lowest BCUT2D eigenvalue weighted by Crippen LogP contribution is -2.39. The van der Waals surface area contributed by atoms with Crippen molar-refractivity contribution in [3.05, 3.63) is 42.5 Å². The third-order valence-corrected chi connectivity index (χ3v) is 4.12. The first-order valence-corrected chi connectivity index (χ1v) is 7.26. The zero-order chi connectivity index (χ0) is 12.8. The fourth-order valence-corrected chi connectivity index (χ4v) is 3.01. The number of anilines is 1. The summed E-state index contributed by atoms with van der Waals surface area (Å²) in [7, 11) is 0. The molecule has 1 aromatic carbocycles. The average molecular weight is 243 g/mol. The maximum absolute atomic E-state index is 3.93. The van der Waals surface area contributed by atoms with Gasteiger partial charge in [0, 0.05) is 11.2 Å². The molecule has 0 bridgehead atoms. The molecule has 0 unspecified atom stereocenters. The van der Waals surface area contributed by atoms with Crippen molar-refractivity contribution in [3.8, 4) is 0 Å². The van der Waals surface area contributed by atoms with Gasteiger partial charge in [-0.2, -0.15) is 0 Å². The summed E-state index contributed by atoms with van der Waals surface area (Å²) in [5.41, 5.74) is 2.92. The summed E-state index contributed by atoms with van der Waals surface area (Å²) in [5.74, 6) is 0. The maximum Gasteiger partial charge on any atom is 0.0408 e. The predicted molar refractivity (Wildman–Crippen MR) is 80.1 cm³/mol. The van der Waals surface area contributed by atoms with E-state index in [1.807, 2.05) is 0 Å². The summed E-state index contributed by atoms with van der Waals surface area (Å²) in [6.07, 6.45) is 10.9. The molecule has 0 atom stereocenters. The predicted octanol–water partition coefficient (Wildman–Crippen LogP) is 4.94. The number of hydrogen-bond acceptors (Lipinski definition) is 1. The van der Waals surface area contributed by atoms with E-state index in [0.717, 1.165) is 12.8 Å². The van der Waals surface area contributed by atoms with Crippen LogP contribution < -0.4 is 5.32 Å². The van der Waals surface area contributed by atoms with Crippen LogP contribution in [0.2, 0.25) is 0 Å². The van der Waals surface area contributed by atoms with E-state index in [2.05, 4.69) is 49.2 Å². The first kappa shape index (κ1) is 13.2. The van der Waals surface area contributed by atoms with Crippen molar-refractivity contribution in [1.29, 1.82) is 0 Å². The fraction of sp³-hybridized carbons (Fsp3) is 0.529. The summed E-state index contributed by atoms with van der Waals surface area (Å²) in [6, 6.07) is 8.90. The molecule has 2 rings (SSSR count). The minimum atomic E-state index is 0.258. The maximum atomic E-state index is 3.93. The Balaban J connectivity index is 2.09. The molecule has 1 aliphatic rings. The van der Waals surface area contributed by atoms with Gasteiger partial charge in [0.1, 0.15) is 0 Å². The number of benzene rings is 1. The van der Waals surface area contributed by atoms with Gasteiger partial charge in [-0.15, -0.1) is 6.58 Å². The molecular weight excluding hydrogens is 218 g/mol. The second-order valence-corrected chi connectivity index (χ2v) is 5.51. The Labute approximate surface area is 111 Å². The van der Waals surface area contributed by atoms with E-state index in [1.54, 1.807) is 0 Å². The van der Waals surface area contributed by atoms with Crippen LogP contribution in [0.4, 0.5) is 5.69 Å². The molecule has 1 aliphatic carbocycles. The van der Waals surface area contributed by atoms with Crippen LogP contribution in [0.25, 0.3) is 0 Å². The summed E-state index contributed by atoms with van der Waals surface area (Å²) < 4.78 is 0. The van der Waals surface area contributed by atoms with Crippen molar-refractivity contribution in [2.24, 2.45) is 0 Å². The molecule has 0 saturated heterocycles. The summed E-state index contributed by atoms with van der Waals surface area (Å²) >= 11 is 0. The SMILES string of the molecule is C=CCC1(Nc2ccc(CC)cc2)CCCCC1. The highest BCUT2D eigenvalue weighted by atomic mass is 15.0. The van der Waals surface area contributed by atoms with Gasteiger partial charge in [-0.05, 0) is 43.4 Å². The van der Waals surface area contributed by atoms with Gasteiger partial charge in [-0.1, -0.05) is 44.4 Å². The minimum absolute atomic E-state index is 0.258. The van der Waals surface area contributed by atoms with Crippen LogP contribution in [-0.4, -0.2) is 5.54 Å². The molecule has 0 spiro atoms. The van der Waals surface area contributed by atoms with Crippen molar-refractivity contribution >= 4 is 5.69 Å². The Morgan fingerprint density at radius 2 is 1.83 bits per heavy atom. The van der Waals surface area contributed by atoms with Crippen LogP contribution in [0.15, 0.2) is 36.9 Å². The van der Waals surface area contributed by atoms with Crippen LogP contribution in [0.1, 0.15) is 51.0 Å². The van der Waals surface area contributed by atoms with Crippen LogP contribution in [0.3, 0.4) is 0 Å². The van der Waals surface area contributed by atoms with Crippen molar-refractivity contribution in [2.75, 3.05) is 5.32 Å². The molecule has 1 nitrogen and oxygen atoms in total. The van der Waals surface area contributed by atoms with E-state index in [1.165, 1.54) is 43.4 Å². The van der Waals surface area contributed by atoms with E-state index in [9.17, 15) is 0 Å². The molecule has 1 fully saturated rings. The molecule has 1 heteroatoms. The topological polar surface area (TPSA) is 12.0 Å². The first-order valence-electron chi connectivity index (χ1n) is 7.26. The zero-order valence-corrected chi connectivity index (χ0v) is 11.5. The van der Waals surface area contributed by atoms with Crippen LogP contribution in [-0.2, 0) is 6.42 Å². The molecule has 0 amide bonds. The molecule has 1 saturated carbocycles. The third-order valence-electron chi connectivity index (χ3n) is 4.12. The molecule has 0 heterocycles. The van der Waals surface area contributed by atoms with Crippen molar-refractivity contribution in [1.82, 2.24) is 0 Å². The molecule has 1 aromatic rings. The van der Waals surface area contributed by atoms with Crippen LogP contribution >= 0.6 is 0 Å². The molecule has 0 aromatic heterocycles. The highest BCUT2D eigenvalue weighted by Crippen LogP contribution is 2.34. The lowest BCUT2D eigenvalue weighted by Gasteiger charge is -2.38. The Bertz CT molecular complexity index is 371. The minimum Gasteiger partial charge on any atom is -0.379 e. The van der Waals surface area contributed by atoms with Gasteiger partial charge in [0.05, 0.1) is 0 Å². The monoisotopic (exact) mass is 243 g/mol. The second kappa shape index (κ2) is 6.08. The van der Waals surface area contributed by atoms with Crippen molar-refractivity contribution < 1.29 is 0 Å². The highest BCUT2D eigenvalue weighted by molar-refractivity contribution is 5.47. The summed E-state index contributed by atoms with van der Waals surface area (Å²) in [5, 5.41) is 3.78.